The third-order valence-electron chi connectivity index (χ3n) is 15.9. The Labute approximate surface area is 505 Å². The summed E-state index contributed by atoms with van der Waals surface area (Å²) in [6.07, 6.45) is 5.84. The van der Waals surface area contributed by atoms with Crippen LogP contribution < -0.4 is 20.9 Å². The van der Waals surface area contributed by atoms with Crippen molar-refractivity contribution in [2.75, 3.05) is 86.8 Å². The summed E-state index contributed by atoms with van der Waals surface area (Å²) in [5.41, 5.74) is 3.89. The summed E-state index contributed by atoms with van der Waals surface area (Å²) in [6.45, 7) is 7.77. The minimum Gasteiger partial charge on any atom is -0.507 e. The maximum Gasteiger partial charge on any atom is 0.270 e. The number of phenolic OH excluding ortho intramolecular Hbond substituents is 2. The van der Waals surface area contributed by atoms with Gasteiger partial charge in [0.05, 0.1) is 113 Å². The van der Waals surface area contributed by atoms with Gasteiger partial charge in [-0.1, -0.05) is 29.5 Å². The first-order valence-electron chi connectivity index (χ1n) is 28.7. The highest BCUT2D eigenvalue weighted by molar-refractivity contribution is 8.03. The van der Waals surface area contributed by atoms with Crippen molar-refractivity contribution in [3.05, 3.63) is 109 Å². The Hall–Kier alpha value is -6.05. The highest BCUT2D eigenvalue weighted by Gasteiger charge is 2.55. The lowest BCUT2D eigenvalue weighted by Crippen LogP contribution is -2.57. The predicted molar refractivity (Wildman–Crippen MR) is 310 cm³/mol. The van der Waals surface area contributed by atoms with Crippen molar-refractivity contribution in [1.82, 2.24) is 36.1 Å². The summed E-state index contributed by atoms with van der Waals surface area (Å²) in [6, 6.07) is 4.15. The van der Waals surface area contributed by atoms with Crippen molar-refractivity contribution < 1.29 is 86.7 Å². The number of amides is 3. The Balaban J connectivity index is 0.624. The van der Waals surface area contributed by atoms with Gasteiger partial charge < -0.3 is 68.0 Å². The second kappa shape index (κ2) is 28.8. The number of allylic oxidation sites excluding steroid dienone is 6. The number of carbonyl (C=O) groups is 5. The maximum atomic E-state index is 14.2. The molecule has 3 aromatic rings. The number of rotatable bonds is 24. The largest absolute Gasteiger partial charge is 0.507 e. The lowest BCUT2D eigenvalue weighted by atomic mass is 9.72. The number of methoxy groups -OCH3 is 2. The van der Waals surface area contributed by atoms with Gasteiger partial charge in [0.15, 0.2) is 30.2 Å². The van der Waals surface area contributed by atoms with Gasteiger partial charge in [-0.05, 0) is 50.1 Å². The molecule has 0 spiro atoms. The average Bonchev–Trinajstić information content (AvgIpc) is 0.893. The summed E-state index contributed by atoms with van der Waals surface area (Å²) in [5, 5.41) is 48.1. The molecule has 0 unspecified atom stereocenters. The number of morpholine rings is 1. The third-order valence-corrected chi connectivity index (χ3v) is 18.1. The first-order chi connectivity index (χ1) is 41.7. The molecule has 4 aliphatic heterocycles. The van der Waals surface area contributed by atoms with Crippen LogP contribution in [0.2, 0.25) is 0 Å². The topological polar surface area (TPSA) is 308 Å². The van der Waals surface area contributed by atoms with Crippen LogP contribution in [0.15, 0.2) is 64.0 Å². The molecule has 25 nitrogen and oxygen atoms in total. The van der Waals surface area contributed by atoms with E-state index in [0.29, 0.717) is 65.5 Å². The van der Waals surface area contributed by atoms with Crippen LogP contribution >= 0.6 is 23.5 Å². The summed E-state index contributed by atoms with van der Waals surface area (Å²) < 4.78 is 60.2. The smallest absolute Gasteiger partial charge is 0.270 e. The molecule has 1 aromatic heterocycles. The van der Waals surface area contributed by atoms with Crippen molar-refractivity contribution in [3.63, 3.8) is 0 Å². The van der Waals surface area contributed by atoms with Crippen molar-refractivity contribution in [2.45, 2.75) is 119 Å². The zero-order chi connectivity index (χ0) is 60.5. The molecule has 10 rings (SSSR count). The van der Waals surface area contributed by atoms with E-state index in [2.05, 4.69) is 68.7 Å². The second-order valence-electron chi connectivity index (χ2n) is 21.4. The van der Waals surface area contributed by atoms with Crippen LogP contribution in [-0.2, 0) is 81.5 Å². The Morgan fingerprint density at radius 1 is 0.860 bits per heavy atom. The maximum absolute atomic E-state index is 14.2. The molecule has 3 amide bonds. The van der Waals surface area contributed by atoms with Crippen LogP contribution in [0.5, 0.6) is 17.2 Å². The highest BCUT2D eigenvalue weighted by atomic mass is 32.2. The molecular weight excluding hydrogens is 1160 g/mol. The normalized spacial score (nSPS) is 26.2. The van der Waals surface area contributed by atoms with Crippen molar-refractivity contribution >= 4 is 52.8 Å². The monoisotopic (exact) mass is 1230 g/mol. The summed E-state index contributed by atoms with van der Waals surface area (Å²) in [7, 11) is 2.86. The number of benzene rings is 2. The molecule has 464 valence electrons. The van der Waals surface area contributed by atoms with E-state index in [1.807, 2.05) is 11.6 Å². The van der Waals surface area contributed by atoms with E-state index in [1.165, 1.54) is 47.8 Å². The fourth-order valence-corrected chi connectivity index (χ4v) is 13.6. The quantitative estimate of drug-likeness (QED) is 0.0331. The lowest BCUT2D eigenvalue weighted by molar-refractivity contribution is -0.256. The first-order valence-corrected chi connectivity index (χ1v) is 30.7. The Kier molecular flexibility index (Phi) is 21.1. The molecule has 6 N–H and O–H groups in total. The van der Waals surface area contributed by atoms with E-state index in [1.54, 1.807) is 23.5 Å². The first kappa shape index (κ1) is 63.0. The second-order valence-corrected chi connectivity index (χ2v) is 23.5. The number of ether oxygens (including phenoxy) is 10. The van der Waals surface area contributed by atoms with Crippen LogP contribution in [0.1, 0.15) is 106 Å². The van der Waals surface area contributed by atoms with Gasteiger partial charge in [0.2, 0.25) is 17.6 Å². The van der Waals surface area contributed by atoms with Crippen molar-refractivity contribution in [2.24, 2.45) is 0 Å². The molecule has 2 aromatic carbocycles. The fraction of sp³-hybridized carbons (Fsp3) is 0.542. The third kappa shape index (κ3) is 14.1. The van der Waals surface area contributed by atoms with E-state index >= 15 is 0 Å². The minimum absolute atomic E-state index is 0.0332. The molecular formula is C59H73N7O18S2. The lowest BCUT2D eigenvalue weighted by Gasteiger charge is -2.43. The van der Waals surface area contributed by atoms with Crippen LogP contribution in [0, 0.1) is 0 Å². The Bertz CT molecular complexity index is 3150. The van der Waals surface area contributed by atoms with Gasteiger partial charge in [0.25, 0.3) is 5.91 Å². The molecule has 86 heavy (non-hydrogen) atoms. The van der Waals surface area contributed by atoms with Crippen molar-refractivity contribution in [3.8, 4) is 17.2 Å². The molecule has 0 radical (unpaired) electrons. The number of hydrogen-bond donors (Lipinski definition) is 6. The molecule has 0 saturated carbocycles. The number of hydrazine groups is 1. The number of aromatic hydroxyl groups is 2. The van der Waals surface area contributed by atoms with Gasteiger partial charge in [0, 0.05) is 96.5 Å². The molecule has 3 fully saturated rings. The molecule has 8 atom stereocenters. The molecule has 3 aliphatic carbocycles. The number of ketones is 2. The number of phenols is 2. The van der Waals surface area contributed by atoms with E-state index in [-0.39, 0.29) is 79.2 Å². The number of thioether (sulfide) groups is 2. The van der Waals surface area contributed by atoms with Gasteiger partial charge in [0.1, 0.15) is 23.4 Å². The summed E-state index contributed by atoms with van der Waals surface area (Å²) in [5.74, 6) is -3.24. The van der Waals surface area contributed by atoms with Crippen LogP contribution in [0.25, 0.3) is 0 Å². The molecule has 2 bridgehead atoms. The predicted octanol–water partition coefficient (Wildman–Crippen LogP) is 3.71. The number of nitrogens with one attached hydrogen (secondary N) is 3. The molecule has 7 aliphatic rings. The Morgan fingerprint density at radius 3 is 2.37 bits per heavy atom. The van der Waals surface area contributed by atoms with Gasteiger partial charge >= 0.3 is 0 Å². The zero-order valence-corrected chi connectivity index (χ0v) is 50.0. The van der Waals surface area contributed by atoms with Crippen LogP contribution in [0.4, 0.5) is 0 Å². The Morgan fingerprint density at radius 2 is 1.60 bits per heavy atom. The number of carbonyl (C=O) groups excluding carboxylic acids is 5. The van der Waals surface area contributed by atoms with Gasteiger partial charge in [-0.2, -0.15) is 0 Å². The van der Waals surface area contributed by atoms with Crippen molar-refractivity contribution in [1.29, 1.82) is 0 Å². The summed E-state index contributed by atoms with van der Waals surface area (Å²) >= 11 is 3.51. The van der Waals surface area contributed by atoms with Crippen LogP contribution in [-0.4, -0.2) is 194 Å². The number of aromatic nitrogens is 3. The molecule has 3 saturated heterocycles. The van der Waals surface area contributed by atoms with E-state index < -0.39 is 102 Å². The number of aliphatic hydroxyl groups is 1. The SMILES string of the molecule is COc1cccc2c1C(=O)c1c(O)c3c(c(O)c1C2=O)C[C@@](O)(C(=O)NNC(=O)CCOCCOCCOCCOCCNC(=O)CCCn1nnc2c1CSC1=C/C(C)=C(\C=C\C=C1)SC2)C[C@@H]3O[C@H]1C[C@H]2[C@H](O[C@@H]3[C@@H](OC)OCCN32)[C@H](C)O1. The van der Waals surface area contributed by atoms with Gasteiger partial charge in [-0.3, -0.25) is 39.7 Å². The van der Waals surface area contributed by atoms with E-state index in [9.17, 15) is 39.3 Å². The van der Waals surface area contributed by atoms with Gasteiger partial charge in [-0.15, -0.1) is 28.6 Å². The number of nitrogens with zero attached hydrogens (tertiary/aromatic N) is 4. The van der Waals surface area contributed by atoms with Gasteiger partial charge in [-0.25, -0.2) is 4.68 Å². The summed E-state index contributed by atoms with van der Waals surface area (Å²) in [4.78, 5) is 72.3. The number of fused-ring (bicyclic) bond motifs is 8. The zero-order valence-electron chi connectivity index (χ0n) is 48.4. The number of hydrogen-bond acceptors (Lipinski definition) is 23. The average molecular weight is 1230 g/mol. The van der Waals surface area contributed by atoms with E-state index in [0.717, 1.165) is 22.9 Å². The standard InChI is InChI=1S/C59H73N7O18S2/c1-33-27-35-9-5-6-12-43(33)86-31-38-40(32-85-35)66(64-61-38)16-8-13-44(67)60-15-19-78-22-24-80-26-25-79-23-21-77-18-14-45(68)62-63-58(73)59(74)29-37-48(54(72)50-49(52(37)70)51(69)36-10-7-11-41(75-3)47(36)53(50)71)42(30-59)83-46-28-39-55(34(2)82-46)84-56-57(76-4)81-20-17-65(39)56/h5-7,9-12,27,34,39,42,46,55-57,70,72,74H,8,13-26,28-32H2,1-4H3,(H,60,67)(H,62,68)(H,63,73)/b6-5?,9-5?,12-6+,33-27?,35-9?,35-27?,43-12?,43-33+/t34-,39-,42-,46-,55+,56+,57-,59-/m0/s1. The fourth-order valence-electron chi connectivity index (χ4n) is 11.6. The molecule has 5 heterocycles. The van der Waals surface area contributed by atoms with E-state index in [4.69, 9.17) is 47.4 Å². The minimum atomic E-state index is -2.43. The highest BCUT2D eigenvalue weighted by Crippen LogP contribution is 2.53. The van der Waals surface area contributed by atoms with Crippen LogP contribution in [0.3, 0.4) is 0 Å². The number of aryl methyl sites for hydroxylation is 1. The molecule has 27 heteroatoms.